The van der Waals surface area contributed by atoms with E-state index in [-0.39, 0.29) is 5.92 Å². The van der Waals surface area contributed by atoms with E-state index >= 15 is 0 Å². The van der Waals surface area contributed by atoms with Gasteiger partial charge >= 0.3 is 0 Å². The average Bonchev–Trinajstić information content (AvgIpc) is 3.31. The molecule has 0 radical (unpaired) electrons. The summed E-state index contributed by atoms with van der Waals surface area (Å²) in [7, 11) is 0. The molecule has 0 saturated carbocycles. The Morgan fingerprint density at radius 3 is 2.92 bits per heavy atom. The van der Waals surface area contributed by atoms with Crippen LogP contribution in [0, 0.1) is 0 Å². The van der Waals surface area contributed by atoms with E-state index in [1.807, 2.05) is 18.2 Å². The van der Waals surface area contributed by atoms with Crippen LogP contribution in [0.25, 0.3) is 22.4 Å². The van der Waals surface area contributed by atoms with Crippen LogP contribution in [0.15, 0.2) is 64.5 Å². The number of hydrogen-bond donors (Lipinski definition) is 1. The highest BCUT2D eigenvalue weighted by Crippen LogP contribution is 2.44. The van der Waals surface area contributed by atoms with Crippen molar-refractivity contribution in [3.05, 3.63) is 66.2 Å². The second-order valence-corrected chi connectivity index (χ2v) is 6.98. The van der Waals surface area contributed by atoms with Crippen LogP contribution < -0.4 is 5.73 Å². The average molecular weight is 346 g/mol. The van der Waals surface area contributed by atoms with Gasteiger partial charge in [-0.05, 0) is 29.8 Å². The Morgan fingerprint density at radius 1 is 1.12 bits per heavy atom. The lowest BCUT2D eigenvalue weighted by Gasteiger charge is -2.13. The molecule has 25 heavy (non-hydrogen) atoms. The van der Waals surface area contributed by atoms with Gasteiger partial charge in [0.25, 0.3) is 0 Å². The Hall–Kier alpha value is -2.86. The van der Waals surface area contributed by atoms with Gasteiger partial charge in [0.2, 0.25) is 0 Å². The summed E-state index contributed by atoms with van der Waals surface area (Å²) >= 11 is 1.73. The first-order valence-electron chi connectivity index (χ1n) is 7.97. The first-order chi connectivity index (χ1) is 12.3. The maximum Gasteiger partial charge on any atom is 0.152 e. The van der Waals surface area contributed by atoms with Gasteiger partial charge in [0, 0.05) is 22.6 Å². The van der Waals surface area contributed by atoms with E-state index in [9.17, 15) is 0 Å². The molecule has 0 saturated heterocycles. The molecule has 6 heteroatoms. The molecule has 1 atom stereocenters. The van der Waals surface area contributed by atoms with Crippen molar-refractivity contribution in [2.75, 3.05) is 11.5 Å². The number of thioether (sulfide) groups is 1. The molecule has 1 aliphatic heterocycles. The summed E-state index contributed by atoms with van der Waals surface area (Å²) in [4.78, 5) is 13.3. The minimum absolute atomic E-state index is 0.194. The topological polar surface area (TPSA) is 77.8 Å². The first-order valence-corrected chi connectivity index (χ1v) is 8.96. The van der Waals surface area contributed by atoms with Gasteiger partial charge in [0.1, 0.15) is 22.9 Å². The molecular weight excluding hydrogens is 332 g/mol. The largest absolute Gasteiger partial charge is 0.463 e. The molecule has 122 valence electrons. The van der Waals surface area contributed by atoms with Crippen molar-refractivity contribution in [1.29, 1.82) is 0 Å². The van der Waals surface area contributed by atoms with Crippen molar-refractivity contribution in [2.24, 2.45) is 0 Å². The zero-order valence-electron chi connectivity index (χ0n) is 13.2. The van der Waals surface area contributed by atoms with Crippen molar-refractivity contribution in [3.8, 4) is 11.5 Å². The Morgan fingerprint density at radius 2 is 2.04 bits per heavy atom. The van der Waals surface area contributed by atoms with E-state index in [0.717, 1.165) is 38.7 Å². The van der Waals surface area contributed by atoms with E-state index < -0.39 is 0 Å². The number of pyridine rings is 1. The molecule has 5 nitrogen and oxygen atoms in total. The van der Waals surface area contributed by atoms with Crippen LogP contribution in [-0.2, 0) is 0 Å². The standard InChI is InChI=1S/C19H14N4OS/c20-18-17-13(9-25-19(17)22-10-21-18)12-4-3-11-5-6-14(23-15(11)8-12)16-2-1-7-24-16/h1-8,10,13H,9H2,(H2,20,21,22). The molecule has 1 aromatic carbocycles. The van der Waals surface area contributed by atoms with Crippen molar-refractivity contribution in [2.45, 2.75) is 10.9 Å². The fourth-order valence-electron chi connectivity index (χ4n) is 3.26. The van der Waals surface area contributed by atoms with Gasteiger partial charge in [-0.3, -0.25) is 0 Å². The van der Waals surface area contributed by atoms with Gasteiger partial charge in [0.05, 0.1) is 11.8 Å². The monoisotopic (exact) mass is 346 g/mol. The Kier molecular flexibility index (Phi) is 3.24. The van der Waals surface area contributed by atoms with Gasteiger partial charge in [-0.1, -0.05) is 18.2 Å². The molecule has 0 amide bonds. The minimum Gasteiger partial charge on any atom is -0.463 e. The second kappa shape index (κ2) is 5.60. The van der Waals surface area contributed by atoms with Crippen molar-refractivity contribution in [1.82, 2.24) is 15.0 Å². The molecule has 1 aliphatic rings. The zero-order valence-corrected chi connectivity index (χ0v) is 14.0. The summed E-state index contributed by atoms with van der Waals surface area (Å²) in [5.74, 6) is 2.45. The number of fused-ring (bicyclic) bond motifs is 2. The van der Waals surface area contributed by atoms with Crippen LogP contribution in [0.1, 0.15) is 17.0 Å². The smallest absolute Gasteiger partial charge is 0.152 e. The second-order valence-electron chi connectivity index (χ2n) is 5.97. The molecule has 3 aromatic heterocycles. The Bertz CT molecular complexity index is 1080. The van der Waals surface area contributed by atoms with Gasteiger partial charge in [0.15, 0.2) is 5.76 Å². The van der Waals surface area contributed by atoms with Crippen LogP contribution in [0.2, 0.25) is 0 Å². The molecule has 4 aromatic rings. The van der Waals surface area contributed by atoms with Crippen LogP contribution in [0.3, 0.4) is 0 Å². The minimum atomic E-state index is 0.194. The highest BCUT2D eigenvalue weighted by molar-refractivity contribution is 7.99. The van der Waals surface area contributed by atoms with E-state index in [4.69, 9.17) is 15.1 Å². The van der Waals surface area contributed by atoms with Crippen LogP contribution >= 0.6 is 11.8 Å². The quantitative estimate of drug-likeness (QED) is 0.551. The summed E-state index contributed by atoms with van der Waals surface area (Å²) in [5, 5.41) is 2.08. The molecule has 4 heterocycles. The fourth-order valence-corrected chi connectivity index (χ4v) is 4.46. The highest BCUT2D eigenvalue weighted by Gasteiger charge is 2.29. The maximum atomic E-state index is 6.11. The number of hydrogen-bond acceptors (Lipinski definition) is 6. The SMILES string of the molecule is Nc1ncnc2c1C(c1ccc3ccc(-c4ccco4)nc3c1)CS2. The van der Waals surface area contributed by atoms with Crippen molar-refractivity contribution in [3.63, 3.8) is 0 Å². The van der Waals surface area contributed by atoms with Gasteiger partial charge in [-0.15, -0.1) is 11.8 Å². The number of aromatic nitrogens is 3. The normalized spacial score (nSPS) is 16.2. The number of furan rings is 1. The molecule has 1 unspecified atom stereocenters. The lowest BCUT2D eigenvalue weighted by molar-refractivity contribution is 0.580. The summed E-state index contributed by atoms with van der Waals surface area (Å²) < 4.78 is 5.46. The third-order valence-electron chi connectivity index (χ3n) is 4.51. The van der Waals surface area contributed by atoms with E-state index in [0.29, 0.717) is 5.82 Å². The third kappa shape index (κ3) is 2.37. The third-order valence-corrected chi connectivity index (χ3v) is 5.60. The maximum absolute atomic E-state index is 6.11. The van der Waals surface area contributed by atoms with Crippen molar-refractivity contribution < 1.29 is 4.42 Å². The number of rotatable bonds is 2. The Balaban J connectivity index is 1.62. The number of benzene rings is 1. The zero-order chi connectivity index (χ0) is 16.8. The lowest BCUT2D eigenvalue weighted by atomic mass is 9.93. The summed E-state index contributed by atoms with van der Waals surface area (Å²) in [6.07, 6.45) is 3.19. The van der Waals surface area contributed by atoms with E-state index in [2.05, 4.69) is 34.2 Å². The van der Waals surface area contributed by atoms with Gasteiger partial charge < -0.3 is 10.2 Å². The molecule has 2 N–H and O–H groups in total. The molecular formula is C19H14N4OS. The summed E-state index contributed by atoms with van der Waals surface area (Å²) in [6, 6.07) is 14.2. The van der Waals surface area contributed by atoms with Crippen LogP contribution in [-0.4, -0.2) is 20.7 Å². The predicted octanol–water partition coefficient (Wildman–Crippen LogP) is 4.10. The predicted molar refractivity (Wildman–Crippen MR) is 98.5 cm³/mol. The molecule has 5 rings (SSSR count). The summed E-state index contributed by atoms with van der Waals surface area (Å²) in [6.45, 7) is 0. The molecule has 0 fully saturated rings. The highest BCUT2D eigenvalue weighted by atomic mass is 32.2. The Labute approximate surface area is 148 Å². The number of nitrogen functional groups attached to an aromatic ring is 1. The fraction of sp³-hybridized carbons (Fsp3) is 0.105. The lowest BCUT2D eigenvalue weighted by Crippen LogP contribution is -2.05. The number of nitrogens with zero attached hydrogens (tertiary/aromatic N) is 3. The van der Waals surface area contributed by atoms with Crippen LogP contribution in [0.5, 0.6) is 0 Å². The molecule has 0 spiro atoms. The van der Waals surface area contributed by atoms with Gasteiger partial charge in [-0.2, -0.15) is 0 Å². The first kappa shape index (κ1) is 14.5. The number of anilines is 1. The molecule has 0 bridgehead atoms. The van der Waals surface area contributed by atoms with Crippen LogP contribution in [0.4, 0.5) is 5.82 Å². The van der Waals surface area contributed by atoms with Crippen molar-refractivity contribution >= 4 is 28.5 Å². The van der Waals surface area contributed by atoms with E-state index in [1.54, 1.807) is 18.0 Å². The summed E-state index contributed by atoms with van der Waals surface area (Å²) in [5.41, 5.74) is 10.1. The van der Waals surface area contributed by atoms with Gasteiger partial charge in [-0.25, -0.2) is 15.0 Å². The number of nitrogens with two attached hydrogens (primary N) is 1. The van der Waals surface area contributed by atoms with E-state index in [1.165, 1.54) is 11.9 Å². The molecule has 0 aliphatic carbocycles.